The van der Waals surface area contributed by atoms with Crippen LogP contribution in [0.3, 0.4) is 0 Å². The Balaban J connectivity index is 1.72. The molecule has 0 saturated heterocycles. The number of rotatable bonds is 0. The zero-order chi connectivity index (χ0) is 14.8. The second-order valence-electron chi connectivity index (χ2n) is 8.57. The number of carbonyl (C=O) groups is 1. The monoisotopic (exact) mass is 284 g/mol. The number of Topliss-reactive ketones (excluding diaryl/α,β-unsaturated/α-hetero) is 1. The van der Waals surface area contributed by atoms with E-state index in [9.17, 15) is 4.79 Å². The van der Waals surface area contributed by atoms with Crippen molar-refractivity contribution in [3.05, 3.63) is 23.8 Å². The summed E-state index contributed by atoms with van der Waals surface area (Å²) in [6.07, 6.45) is 11.7. The number of fused-ring (bicyclic) bond motifs is 5. The fourth-order valence-electron chi connectivity index (χ4n) is 6.23. The maximum Gasteiger partial charge on any atom is 0.133 e. The fourth-order valence-corrected chi connectivity index (χ4v) is 6.23. The van der Waals surface area contributed by atoms with Gasteiger partial charge in [-0.05, 0) is 67.1 Å². The topological polar surface area (TPSA) is 17.1 Å². The molecule has 0 aliphatic heterocycles. The summed E-state index contributed by atoms with van der Waals surface area (Å²) in [4.78, 5) is 11.9. The van der Waals surface area contributed by atoms with Crippen LogP contribution >= 0.6 is 0 Å². The molecule has 0 N–H and O–H groups in total. The molecule has 0 bridgehead atoms. The summed E-state index contributed by atoms with van der Waals surface area (Å²) in [5.74, 6) is 2.72. The van der Waals surface area contributed by atoms with E-state index in [0.29, 0.717) is 22.5 Å². The third kappa shape index (κ3) is 1.72. The summed E-state index contributed by atoms with van der Waals surface area (Å²) in [6, 6.07) is 0. The molecule has 3 fully saturated rings. The van der Waals surface area contributed by atoms with Crippen LogP contribution < -0.4 is 0 Å². The molecule has 2 unspecified atom stereocenters. The lowest BCUT2D eigenvalue weighted by Crippen LogP contribution is -2.47. The van der Waals surface area contributed by atoms with E-state index in [2.05, 4.69) is 26.5 Å². The van der Waals surface area contributed by atoms with Crippen LogP contribution in [0, 0.1) is 28.6 Å². The van der Waals surface area contributed by atoms with E-state index in [0.717, 1.165) is 31.1 Å². The Morgan fingerprint density at radius 2 is 1.95 bits per heavy atom. The second-order valence-corrected chi connectivity index (χ2v) is 8.57. The maximum absolute atomic E-state index is 11.9. The lowest BCUT2D eigenvalue weighted by Gasteiger charge is -2.55. The molecule has 0 aromatic carbocycles. The number of hydrogen-bond donors (Lipinski definition) is 0. The van der Waals surface area contributed by atoms with E-state index in [4.69, 9.17) is 0 Å². The Bertz CT molecular complexity index is 542. The Labute approximate surface area is 128 Å². The van der Waals surface area contributed by atoms with Gasteiger partial charge in [0.15, 0.2) is 0 Å². The predicted octanol–water partition coefficient (Wildman–Crippen LogP) is 5.07. The zero-order valence-electron chi connectivity index (χ0n) is 13.6. The molecular formula is C20H28O. The number of allylic oxidation sites excluding steroid dienone is 3. The van der Waals surface area contributed by atoms with Gasteiger partial charge in [-0.2, -0.15) is 0 Å². The summed E-state index contributed by atoms with van der Waals surface area (Å²) in [6.45, 7) is 9.31. The second kappa shape index (κ2) is 4.33. The van der Waals surface area contributed by atoms with Crippen molar-refractivity contribution in [1.29, 1.82) is 0 Å². The highest BCUT2D eigenvalue weighted by Gasteiger charge is 2.55. The van der Waals surface area contributed by atoms with Gasteiger partial charge in [0.25, 0.3) is 0 Å². The first-order valence-corrected chi connectivity index (χ1v) is 8.85. The van der Waals surface area contributed by atoms with Crippen LogP contribution in [0.1, 0.15) is 65.2 Å². The molecule has 0 spiro atoms. The van der Waals surface area contributed by atoms with Crippen molar-refractivity contribution >= 4 is 5.78 Å². The number of hydrogen-bond acceptors (Lipinski definition) is 1. The highest BCUT2D eigenvalue weighted by atomic mass is 16.1. The lowest BCUT2D eigenvalue weighted by molar-refractivity contribution is -0.125. The van der Waals surface area contributed by atoms with Gasteiger partial charge in [0.05, 0.1) is 0 Å². The first kappa shape index (κ1) is 13.8. The molecule has 3 saturated carbocycles. The van der Waals surface area contributed by atoms with Gasteiger partial charge in [-0.15, -0.1) is 0 Å². The smallest absolute Gasteiger partial charge is 0.133 e. The summed E-state index contributed by atoms with van der Waals surface area (Å²) >= 11 is 0. The van der Waals surface area contributed by atoms with Crippen molar-refractivity contribution in [2.75, 3.05) is 0 Å². The molecule has 0 aromatic rings. The summed E-state index contributed by atoms with van der Waals surface area (Å²) in [5, 5.41) is 0. The van der Waals surface area contributed by atoms with Crippen molar-refractivity contribution in [2.45, 2.75) is 65.2 Å². The lowest BCUT2D eigenvalue weighted by atomic mass is 9.49. The van der Waals surface area contributed by atoms with E-state index in [1.54, 1.807) is 5.57 Å². The van der Waals surface area contributed by atoms with Gasteiger partial charge in [0, 0.05) is 12.8 Å². The van der Waals surface area contributed by atoms with Crippen LogP contribution in [0.25, 0.3) is 0 Å². The van der Waals surface area contributed by atoms with Gasteiger partial charge >= 0.3 is 0 Å². The maximum atomic E-state index is 11.9. The van der Waals surface area contributed by atoms with Crippen LogP contribution in [0.5, 0.6) is 0 Å². The molecule has 4 aliphatic carbocycles. The summed E-state index contributed by atoms with van der Waals surface area (Å²) in [5.41, 5.74) is 3.92. The molecule has 21 heavy (non-hydrogen) atoms. The Hall–Kier alpha value is -0.850. The molecule has 0 radical (unpaired) electrons. The number of ketones is 1. The Morgan fingerprint density at radius 3 is 2.76 bits per heavy atom. The molecule has 114 valence electrons. The molecular weight excluding hydrogens is 256 g/mol. The van der Waals surface area contributed by atoms with E-state index in [1.807, 2.05) is 0 Å². The van der Waals surface area contributed by atoms with Crippen molar-refractivity contribution < 1.29 is 4.79 Å². The van der Waals surface area contributed by atoms with Crippen molar-refractivity contribution in [3.63, 3.8) is 0 Å². The van der Waals surface area contributed by atoms with Crippen LogP contribution in [0.4, 0.5) is 0 Å². The van der Waals surface area contributed by atoms with E-state index < -0.39 is 0 Å². The quantitative estimate of drug-likeness (QED) is 0.567. The fraction of sp³-hybridized carbons (Fsp3) is 0.750. The Kier molecular flexibility index (Phi) is 2.85. The molecule has 5 atom stereocenters. The minimum absolute atomic E-state index is 0.322. The molecule has 0 amide bonds. The van der Waals surface area contributed by atoms with Crippen molar-refractivity contribution in [3.8, 4) is 0 Å². The predicted molar refractivity (Wildman–Crippen MR) is 85.9 cm³/mol. The Morgan fingerprint density at radius 1 is 1.14 bits per heavy atom. The van der Waals surface area contributed by atoms with Gasteiger partial charge in [0.1, 0.15) is 5.78 Å². The average molecular weight is 284 g/mol. The standard InChI is InChI=1S/C20H28O/c1-13-4-7-17-16-6-5-14-12-15(21)8-10-20(14,3)18(16)9-11-19(13,17)2/h9,14,16-17H,1,4-8,10-12H2,2-3H3/t14-,16?,17?,19+,20-/m0/s1. The van der Waals surface area contributed by atoms with Crippen LogP contribution in [0.15, 0.2) is 23.8 Å². The molecule has 1 nitrogen and oxygen atoms in total. The molecule has 4 aliphatic rings. The third-order valence-electron chi connectivity index (χ3n) is 7.80. The first-order valence-electron chi connectivity index (χ1n) is 8.85. The van der Waals surface area contributed by atoms with Crippen molar-refractivity contribution in [2.24, 2.45) is 28.6 Å². The van der Waals surface area contributed by atoms with Gasteiger partial charge in [0.2, 0.25) is 0 Å². The van der Waals surface area contributed by atoms with Gasteiger partial charge in [-0.25, -0.2) is 0 Å². The normalized spacial score (nSPS) is 49.2. The minimum Gasteiger partial charge on any atom is -0.300 e. The summed E-state index contributed by atoms with van der Waals surface area (Å²) in [7, 11) is 0. The van der Waals surface area contributed by atoms with E-state index >= 15 is 0 Å². The molecule has 1 heteroatoms. The highest BCUT2D eigenvalue weighted by Crippen LogP contribution is 2.64. The molecule has 0 aromatic heterocycles. The van der Waals surface area contributed by atoms with Crippen molar-refractivity contribution in [1.82, 2.24) is 0 Å². The van der Waals surface area contributed by atoms with Crippen LogP contribution in [0.2, 0.25) is 0 Å². The molecule has 4 rings (SSSR count). The minimum atomic E-state index is 0.322. The van der Waals surface area contributed by atoms with E-state index in [-0.39, 0.29) is 0 Å². The zero-order valence-corrected chi connectivity index (χ0v) is 13.6. The van der Waals surface area contributed by atoms with Gasteiger partial charge < -0.3 is 0 Å². The average Bonchev–Trinajstić information content (AvgIpc) is 2.76. The first-order chi connectivity index (χ1) is 9.95. The summed E-state index contributed by atoms with van der Waals surface area (Å²) < 4.78 is 0. The molecule has 0 heterocycles. The number of carbonyl (C=O) groups excluding carboxylic acids is 1. The highest BCUT2D eigenvalue weighted by molar-refractivity contribution is 5.80. The third-order valence-corrected chi connectivity index (χ3v) is 7.80. The SMILES string of the molecule is C=C1CCC2C3CC[C@H]4CC(=O)CC[C@]4(C)C3=CC[C@]12C. The van der Waals surface area contributed by atoms with Crippen LogP contribution in [-0.2, 0) is 4.79 Å². The van der Waals surface area contributed by atoms with Crippen LogP contribution in [-0.4, -0.2) is 5.78 Å². The van der Waals surface area contributed by atoms with Gasteiger partial charge in [-0.3, -0.25) is 4.79 Å². The van der Waals surface area contributed by atoms with E-state index in [1.165, 1.54) is 37.7 Å². The largest absolute Gasteiger partial charge is 0.300 e. The van der Waals surface area contributed by atoms with Gasteiger partial charge in [-0.1, -0.05) is 37.6 Å².